The Morgan fingerprint density at radius 3 is 2.72 bits per heavy atom. The van der Waals surface area contributed by atoms with Gasteiger partial charge in [0.25, 0.3) is 0 Å². The van der Waals surface area contributed by atoms with Gasteiger partial charge < -0.3 is 15.2 Å². The van der Waals surface area contributed by atoms with Crippen LogP contribution in [0.15, 0.2) is 60.8 Å². The molecule has 0 amide bonds. The number of phenols is 1. The van der Waals surface area contributed by atoms with Gasteiger partial charge in [-0.05, 0) is 61.7 Å². The maximum atomic E-state index is 11.5. The summed E-state index contributed by atoms with van der Waals surface area (Å²) in [6, 6.07) is 17.3. The van der Waals surface area contributed by atoms with E-state index in [4.69, 9.17) is 4.74 Å². The molecule has 0 fully saturated rings. The molecule has 0 aliphatic carbocycles. The number of anilines is 2. The lowest BCUT2D eigenvalue weighted by Gasteiger charge is -2.15. The lowest BCUT2D eigenvalue weighted by atomic mass is 9.95. The van der Waals surface area contributed by atoms with Crippen LogP contribution >= 0.6 is 0 Å². The van der Waals surface area contributed by atoms with Gasteiger partial charge in [-0.25, -0.2) is 4.98 Å². The Labute approximate surface area is 171 Å². The Balaban J connectivity index is 1.67. The minimum absolute atomic E-state index is 0.113. The van der Waals surface area contributed by atoms with Crippen LogP contribution in [0, 0.1) is 12.8 Å². The fourth-order valence-corrected chi connectivity index (χ4v) is 3.02. The van der Waals surface area contributed by atoms with Crippen LogP contribution in [0.2, 0.25) is 0 Å². The first-order valence-corrected chi connectivity index (χ1v) is 9.65. The summed E-state index contributed by atoms with van der Waals surface area (Å²) in [5.41, 5.74) is 3.37. The number of pyridine rings is 1. The van der Waals surface area contributed by atoms with E-state index in [2.05, 4.69) is 10.3 Å². The number of rotatable bonds is 8. The van der Waals surface area contributed by atoms with Gasteiger partial charge in [0.1, 0.15) is 29.7 Å². The number of aromatic hydroxyl groups is 1. The molecule has 2 N–H and O–H groups in total. The van der Waals surface area contributed by atoms with Gasteiger partial charge in [0.05, 0.1) is 0 Å². The predicted octanol–water partition coefficient (Wildman–Crippen LogP) is 5.19. The van der Waals surface area contributed by atoms with Gasteiger partial charge in [0, 0.05) is 23.4 Å². The molecule has 0 spiro atoms. The Kier molecular flexibility index (Phi) is 6.50. The molecule has 1 unspecified atom stereocenters. The molecule has 0 bridgehead atoms. The lowest BCUT2D eigenvalue weighted by Crippen LogP contribution is -2.10. The van der Waals surface area contributed by atoms with Gasteiger partial charge in [-0.3, -0.25) is 4.79 Å². The molecule has 1 aromatic heterocycles. The van der Waals surface area contributed by atoms with E-state index < -0.39 is 0 Å². The summed E-state index contributed by atoms with van der Waals surface area (Å²) in [6.45, 7) is 5.64. The van der Waals surface area contributed by atoms with E-state index in [-0.39, 0.29) is 17.5 Å². The van der Waals surface area contributed by atoms with Crippen molar-refractivity contribution < 1.29 is 14.6 Å². The average Bonchev–Trinajstić information content (AvgIpc) is 2.72. The first-order valence-electron chi connectivity index (χ1n) is 9.65. The normalized spacial score (nSPS) is 11.7. The van der Waals surface area contributed by atoms with E-state index >= 15 is 0 Å². The van der Waals surface area contributed by atoms with Crippen molar-refractivity contribution in [1.29, 1.82) is 0 Å². The predicted molar refractivity (Wildman–Crippen MR) is 115 cm³/mol. The number of phenolic OH excluding ortho intramolecular Hbond substituents is 1. The van der Waals surface area contributed by atoms with Crippen molar-refractivity contribution in [1.82, 2.24) is 4.98 Å². The first-order chi connectivity index (χ1) is 13.9. The van der Waals surface area contributed by atoms with Gasteiger partial charge in [0.2, 0.25) is 0 Å². The molecule has 0 aliphatic rings. The third-order valence-corrected chi connectivity index (χ3v) is 4.94. The van der Waals surface area contributed by atoms with Crippen molar-refractivity contribution >= 4 is 17.3 Å². The van der Waals surface area contributed by atoms with Crippen LogP contribution in [-0.4, -0.2) is 15.9 Å². The van der Waals surface area contributed by atoms with Gasteiger partial charge >= 0.3 is 0 Å². The van der Waals surface area contributed by atoms with E-state index in [1.54, 1.807) is 13.1 Å². The molecular formula is C24H26N2O3. The van der Waals surface area contributed by atoms with Gasteiger partial charge in [-0.1, -0.05) is 31.2 Å². The number of aromatic nitrogens is 1. The second-order valence-electron chi connectivity index (χ2n) is 7.24. The van der Waals surface area contributed by atoms with Crippen LogP contribution in [0.4, 0.5) is 11.5 Å². The van der Waals surface area contributed by atoms with Crippen LogP contribution in [0.5, 0.6) is 11.5 Å². The molecule has 5 nitrogen and oxygen atoms in total. The Hall–Kier alpha value is -3.34. The third-order valence-electron chi connectivity index (χ3n) is 4.94. The fourth-order valence-electron chi connectivity index (χ4n) is 3.02. The number of hydrogen-bond donors (Lipinski definition) is 2. The molecule has 1 heterocycles. The molecule has 29 heavy (non-hydrogen) atoms. The Bertz CT molecular complexity index is 987. The summed E-state index contributed by atoms with van der Waals surface area (Å²) in [5, 5.41) is 13.8. The molecule has 1 atom stereocenters. The zero-order chi connectivity index (χ0) is 20.8. The highest BCUT2D eigenvalue weighted by molar-refractivity contribution is 5.78. The Morgan fingerprint density at radius 2 is 2.00 bits per heavy atom. The minimum Gasteiger partial charge on any atom is -0.507 e. The van der Waals surface area contributed by atoms with Crippen LogP contribution in [0.1, 0.15) is 30.5 Å². The maximum Gasteiger partial charge on any atom is 0.132 e. The maximum absolute atomic E-state index is 11.5. The van der Waals surface area contributed by atoms with Crippen molar-refractivity contribution in [3.63, 3.8) is 0 Å². The minimum atomic E-state index is -0.124. The SMILES string of the molecule is CC(=O)C(C)Cc1ccc(OCc2cccc(Nc3ccccn3)c2)c(C)c1O. The number of nitrogens with zero attached hydrogens (tertiary/aromatic N) is 1. The van der Waals surface area contributed by atoms with E-state index in [0.29, 0.717) is 24.3 Å². The summed E-state index contributed by atoms with van der Waals surface area (Å²) in [6.07, 6.45) is 2.26. The molecule has 3 aromatic rings. The van der Waals surface area contributed by atoms with Crippen LogP contribution < -0.4 is 10.1 Å². The fraction of sp³-hybridized carbons (Fsp3) is 0.250. The quantitative estimate of drug-likeness (QED) is 0.554. The second kappa shape index (κ2) is 9.24. The standard InChI is InChI=1S/C24H26N2O3/c1-16(18(3)27)13-20-10-11-22(17(2)24(20)28)29-15-19-7-6-8-21(14-19)26-23-9-4-5-12-25-23/h4-12,14,16,28H,13,15H2,1-3H3,(H,25,26). The molecule has 0 saturated heterocycles. The number of Topliss-reactive ketones (excluding diaryl/α,β-unsaturated/α-hetero) is 1. The first kappa shape index (κ1) is 20.4. The Morgan fingerprint density at radius 1 is 1.17 bits per heavy atom. The topological polar surface area (TPSA) is 71.5 Å². The van der Waals surface area contributed by atoms with Crippen molar-refractivity contribution in [3.8, 4) is 11.5 Å². The largest absolute Gasteiger partial charge is 0.507 e. The van der Waals surface area contributed by atoms with Gasteiger partial charge in [-0.15, -0.1) is 0 Å². The van der Waals surface area contributed by atoms with Crippen LogP contribution in [0.25, 0.3) is 0 Å². The number of ketones is 1. The van der Waals surface area contributed by atoms with E-state index in [1.165, 1.54) is 0 Å². The highest BCUT2D eigenvalue weighted by Crippen LogP contribution is 2.32. The van der Waals surface area contributed by atoms with Crippen molar-refractivity contribution in [2.24, 2.45) is 5.92 Å². The highest BCUT2D eigenvalue weighted by Gasteiger charge is 2.15. The average molecular weight is 390 g/mol. The van der Waals surface area contributed by atoms with E-state index in [1.807, 2.05) is 68.4 Å². The number of carbonyl (C=O) groups excluding carboxylic acids is 1. The number of ether oxygens (including phenoxy) is 1. The number of nitrogens with one attached hydrogen (secondary N) is 1. The van der Waals surface area contributed by atoms with Crippen LogP contribution in [0.3, 0.4) is 0 Å². The number of carbonyl (C=O) groups is 1. The molecule has 2 aromatic carbocycles. The smallest absolute Gasteiger partial charge is 0.132 e. The molecule has 5 heteroatoms. The molecule has 3 rings (SSSR count). The second-order valence-corrected chi connectivity index (χ2v) is 7.24. The summed E-state index contributed by atoms with van der Waals surface area (Å²) >= 11 is 0. The lowest BCUT2D eigenvalue weighted by molar-refractivity contribution is -0.120. The summed E-state index contributed by atoms with van der Waals surface area (Å²) in [5.74, 6) is 1.59. The molecule has 0 aliphatic heterocycles. The third kappa shape index (κ3) is 5.35. The zero-order valence-corrected chi connectivity index (χ0v) is 17.0. The summed E-state index contributed by atoms with van der Waals surface area (Å²) < 4.78 is 5.95. The van der Waals surface area contributed by atoms with Crippen molar-refractivity contribution in [3.05, 3.63) is 77.5 Å². The van der Waals surface area contributed by atoms with E-state index in [9.17, 15) is 9.90 Å². The van der Waals surface area contributed by atoms with E-state index in [0.717, 1.165) is 22.6 Å². The summed E-state index contributed by atoms with van der Waals surface area (Å²) in [4.78, 5) is 15.8. The van der Waals surface area contributed by atoms with Crippen LogP contribution in [-0.2, 0) is 17.8 Å². The number of hydrogen-bond acceptors (Lipinski definition) is 5. The molecule has 0 radical (unpaired) electrons. The molecule has 150 valence electrons. The zero-order valence-electron chi connectivity index (χ0n) is 17.0. The van der Waals surface area contributed by atoms with Crippen molar-refractivity contribution in [2.75, 3.05) is 5.32 Å². The molecule has 0 saturated carbocycles. The molecular weight excluding hydrogens is 364 g/mol. The monoisotopic (exact) mass is 390 g/mol. The highest BCUT2D eigenvalue weighted by atomic mass is 16.5. The van der Waals surface area contributed by atoms with Gasteiger partial charge in [-0.2, -0.15) is 0 Å². The van der Waals surface area contributed by atoms with Crippen molar-refractivity contribution in [2.45, 2.75) is 33.8 Å². The number of benzene rings is 2. The van der Waals surface area contributed by atoms with Gasteiger partial charge in [0.15, 0.2) is 0 Å². The summed E-state index contributed by atoms with van der Waals surface area (Å²) in [7, 11) is 0.